The van der Waals surface area contributed by atoms with Crippen molar-refractivity contribution in [3.05, 3.63) is 71.6 Å². The van der Waals surface area contributed by atoms with Crippen molar-refractivity contribution in [1.29, 1.82) is 0 Å². The Morgan fingerprint density at radius 1 is 1.23 bits per heavy atom. The minimum atomic E-state index is -0.751. The number of hydrogen-bond donors (Lipinski definition) is 1. The Bertz CT molecular complexity index is 988. The van der Waals surface area contributed by atoms with Crippen LogP contribution in [0, 0.1) is 6.92 Å². The van der Waals surface area contributed by atoms with E-state index in [-0.39, 0.29) is 0 Å². The normalized spacial score (nSPS) is 16.6. The maximum Gasteiger partial charge on any atom is 0.321 e. The van der Waals surface area contributed by atoms with E-state index in [0.29, 0.717) is 31.2 Å². The Morgan fingerprint density at radius 2 is 2.00 bits per heavy atom. The third kappa shape index (κ3) is 4.86. The summed E-state index contributed by atoms with van der Waals surface area (Å²) in [6.45, 7) is 3.06. The van der Waals surface area contributed by atoms with Crippen LogP contribution in [-0.2, 0) is 17.8 Å². The highest BCUT2D eigenvalue weighted by atomic mass is 32.2. The summed E-state index contributed by atoms with van der Waals surface area (Å²) in [5.74, 6) is 2.87. The van der Waals surface area contributed by atoms with Gasteiger partial charge in [-0.2, -0.15) is 0 Å². The second kappa shape index (κ2) is 9.36. The molecule has 3 aromatic rings. The van der Waals surface area contributed by atoms with E-state index in [0.717, 1.165) is 34.2 Å². The van der Waals surface area contributed by atoms with Crippen molar-refractivity contribution >= 4 is 17.7 Å². The summed E-state index contributed by atoms with van der Waals surface area (Å²) in [4.78, 5) is 17.9. The zero-order valence-electron chi connectivity index (χ0n) is 16.8. The highest BCUT2D eigenvalue weighted by Gasteiger charge is 2.30. The second-order valence-electron chi connectivity index (χ2n) is 7.23. The van der Waals surface area contributed by atoms with Crippen LogP contribution in [0.4, 0.5) is 0 Å². The first-order valence-electron chi connectivity index (χ1n) is 9.88. The monoisotopic (exact) mass is 424 g/mol. The topological polar surface area (TPSA) is 75.8 Å². The molecule has 1 atom stereocenters. The van der Waals surface area contributed by atoms with Gasteiger partial charge in [-0.1, -0.05) is 30.3 Å². The van der Waals surface area contributed by atoms with Gasteiger partial charge in [-0.15, -0.1) is 11.8 Å². The number of rotatable bonds is 8. The zero-order chi connectivity index (χ0) is 20.9. The van der Waals surface area contributed by atoms with Crippen molar-refractivity contribution < 1.29 is 19.1 Å². The predicted molar refractivity (Wildman–Crippen MR) is 117 cm³/mol. The van der Waals surface area contributed by atoms with E-state index in [4.69, 9.17) is 9.15 Å². The summed E-state index contributed by atoms with van der Waals surface area (Å²) in [6.07, 6.45) is 0.662. The Kier molecular flexibility index (Phi) is 6.40. The van der Waals surface area contributed by atoms with E-state index in [1.807, 2.05) is 66.4 Å². The molecule has 0 aliphatic carbocycles. The van der Waals surface area contributed by atoms with Gasteiger partial charge < -0.3 is 14.3 Å². The molecule has 2 heterocycles. The number of carboxylic acids is 1. The van der Waals surface area contributed by atoms with Crippen molar-refractivity contribution in [3.63, 3.8) is 0 Å². The van der Waals surface area contributed by atoms with Gasteiger partial charge >= 0.3 is 5.97 Å². The summed E-state index contributed by atoms with van der Waals surface area (Å²) in [7, 11) is 0. The van der Waals surface area contributed by atoms with Crippen LogP contribution in [0.25, 0.3) is 11.5 Å². The van der Waals surface area contributed by atoms with Crippen LogP contribution in [0.15, 0.2) is 59.0 Å². The molecular formula is C23H24N2O4S. The van der Waals surface area contributed by atoms with Gasteiger partial charge in [0.25, 0.3) is 0 Å². The van der Waals surface area contributed by atoms with Crippen LogP contribution in [0.5, 0.6) is 5.75 Å². The van der Waals surface area contributed by atoms with E-state index in [1.54, 1.807) is 11.8 Å². The highest BCUT2D eigenvalue weighted by molar-refractivity contribution is 7.99. The summed E-state index contributed by atoms with van der Waals surface area (Å²) in [5.41, 5.74) is 2.94. The molecule has 30 heavy (non-hydrogen) atoms. The average Bonchev–Trinajstić information content (AvgIpc) is 3.37. The van der Waals surface area contributed by atoms with Crippen LogP contribution in [0.2, 0.25) is 0 Å². The molecule has 1 unspecified atom stereocenters. The number of aromatic nitrogens is 1. The molecule has 4 rings (SSSR count). The van der Waals surface area contributed by atoms with Crippen LogP contribution in [-0.4, -0.2) is 45.2 Å². The van der Waals surface area contributed by atoms with E-state index >= 15 is 0 Å². The molecule has 6 nitrogen and oxygen atoms in total. The van der Waals surface area contributed by atoms with Crippen molar-refractivity contribution in [3.8, 4) is 17.2 Å². The first-order chi connectivity index (χ1) is 14.6. The minimum absolute atomic E-state index is 0.405. The quantitative estimate of drug-likeness (QED) is 0.580. The third-order valence-electron chi connectivity index (χ3n) is 5.09. The average molecular weight is 425 g/mol. The maximum absolute atomic E-state index is 11.3. The Balaban J connectivity index is 1.30. The lowest BCUT2D eigenvalue weighted by Gasteiger charge is -2.20. The fourth-order valence-electron chi connectivity index (χ4n) is 3.42. The molecule has 2 aromatic carbocycles. The van der Waals surface area contributed by atoms with Gasteiger partial charge in [0, 0.05) is 30.2 Å². The number of ether oxygens (including phenoxy) is 1. The maximum atomic E-state index is 11.3. The van der Waals surface area contributed by atoms with E-state index in [2.05, 4.69) is 4.98 Å². The standard InChI is InChI=1S/C23H24N2O4S/c1-16-20(24-22(29-16)18-5-3-2-4-6-18)11-12-28-19-9-7-17(8-10-19)13-25-15-30-14-21(25)23(26)27/h2-10,21H,11-15H2,1H3,(H,26,27). The fourth-order valence-corrected chi connectivity index (χ4v) is 4.60. The lowest BCUT2D eigenvalue weighted by Crippen LogP contribution is -2.37. The molecule has 0 saturated carbocycles. The molecule has 0 amide bonds. The van der Waals surface area contributed by atoms with Crippen LogP contribution < -0.4 is 4.74 Å². The molecule has 1 N–H and O–H groups in total. The Labute approximate surface area is 179 Å². The summed E-state index contributed by atoms with van der Waals surface area (Å²) < 4.78 is 11.7. The third-order valence-corrected chi connectivity index (χ3v) is 6.15. The molecule has 7 heteroatoms. The molecule has 1 aliphatic rings. The minimum Gasteiger partial charge on any atom is -0.493 e. The van der Waals surface area contributed by atoms with Gasteiger partial charge in [0.2, 0.25) is 5.89 Å². The van der Waals surface area contributed by atoms with Crippen molar-refractivity contribution in [2.45, 2.75) is 25.9 Å². The van der Waals surface area contributed by atoms with Gasteiger partial charge in [-0.05, 0) is 36.8 Å². The number of aryl methyl sites for hydroxylation is 1. The van der Waals surface area contributed by atoms with Crippen LogP contribution in [0.3, 0.4) is 0 Å². The lowest BCUT2D eigenvalue weighted by atomic mass is 10.2. The van der Waals surface area contributed by atoms with E-state index in [9.17, 15) is 9.90 Å². The number of aliphatic carboxylic acids is 1. The summed E-state index contributed by atoms with van der Waals surface area (Å²) in [5, 5.41) is 9.30. The largest absolute Gasteiger partial charge is 0.493 e. The molecule has 1 aromatic heterocycles. The number of hydrogen-bond acceptors (Lipinski definition) is 6. The fraction of sp³-hybridized carbons (Fsp3) is 0.304. The zero-order valence-corrected chi connectivity index (χ0v) is 17.6. The van der Waals surface area contributed by atoms with Crippen molar-refractivity contribution in [2.24, 2.45) is 0 Å². The predicted octanol–water partition coefficient (Wildman–Crippen LogP) is 4.23. The molecule has 0 bridgehead atoms. The van der Waals surface area contributed by atoms with Gasteiger partial charge in [0.15, 0.2) is 0 Å². The smallest absolute Gasteiger partial charge is 0.321 e. The second-order valence-corrected chi connectivity index (χ2v) is 8.23. The molecule has 0 radical (unpaired) electrons. The molecule has 156 valence electrons. The van der Waals surface area contributed by atoms with E-state index < -0.39 is 12.0 Å². The number of carbonyl (C=O) groups is 1. The van der Waals surface area contributed by atoms with Crippen LogP contribution >= 0.6 is 11.8 Å². The molecule has 0 spiro atoms. The highest BCUT2D eigenvalue weighted by Crippen LogP contribution is 2.24. The van der Waals surface area contributed by atoms with Crippen LogP contribution in [0.1, 0.15) is 17.0 Å². The number of thioether (sulfide) groups is 1. The van der Waals surface area contributed by atoms with Gasteiger partial charge in [0.1, 0.15) is 17.6 Å². The Hall–Kier alpha value is -2.77. The molecule has 1 aliphatic heterocycles. The molecular weight excluding hydrogens is 400 g/mol. The van der Waals surface area contributed by atoms with Gasteiger partial charge in [-0.3, -0.25) is 9.69 Å². The lowest BCUT2D eigenvalue weighted by molar-refractivity contribution is -0.141. The molecule has 1 saturated heterocycles. The number of carboxylic acid groups (broad SMARTS) is 1. The molecule has 1 fully saturated rings. The first-order valence-corrected chi connectivity index (χ1v) is 11.0. The summed E-state index contributed by atoms with van der Waals surface area (Å²) in [6, 6.07) is 17.3. The van der Waals surface area contributed by atoms with Gasteiger partial charge in [0.05, 0.1) is 12.3 Å². The van der Waals surface area contributed by atoms with E-state index in [1.165, 1.54) is 0 Å². The van der Waals surface area contributed by atoms with Crippen molar-refractivity contribution in [1.82, 2.24) is 9.88 Å². The number of benzene rings is 2. The summed E-state index contributed by atoms with van der Waals surface area (Å²) >= 11 is 1.66. The first kappa shape index (κ1) is 20.5. The Morgan fingerprint density at radius 3 is 2.73 bits per heavy atom. The SMILES string of the molecule is Cc1oc(-c2ccccc2)nc1CCOc1ccc(CN2CSCC2C(=O)O)cc1. The van der Waals surface area contributed by atoms with Gasteiger partial charge in [-0.25, -0.2) is 4.98 Å². The number of nitrogens with zero attached hydrogens (tertiary/aromatic N) is 2. The number of oxazole rings is 1. The van der Waals surface area contributed by atoms with Crippen molar-refractivity contribution in [2.75, 3.05) is 18.2 Å².